The summed E-state index contributed by atoms with van der Waals surface area (Å²) in [5, 5.41) is 3.17. The monoisotopic (exact) mass is 531 g/mol. The lowest BCUT2D eigenvalue weighted by Gasteiger charge is -2.40. The van der Waals surface area contributed by atoms with Crippen molar-refractivity contribution < 1.29 is 19.1 Å². The lowest BCUT2D eigenvalue weighted by molar-refractivity contribution is -0.138. The van der Waals surface area contributed by atoms with E-state index in [0.29, 0.717) is 25.0 Å². The second-order valence-corrected chi connectivity index (χ2v) is 11.5. The molecule has 0 aromatic heterocycles. The van der Waals surface area contributed by atoms with Gasteiger partial charge in [-0.3, -0.25) is 14.4 Å². The average Bonchev–Trinajstić information content (AvgIpc) is 3.39. The van der Waals surface area contributed by atoms with Crippen LogP contribution in [-0.4, -0.2) is 66.3 Å². The first-order valence-corrected chi connectivity index (χ1v) is 14.6. The lowest BCUT2D eigenvalue weighted by atomic mass is 9.77. The number of nitrogens with one attached hydrogen (secondary N) is 1. The van der Waals surface area contributed by atoms with Crippen molar-refractivity contribution in [2.24, 2.45) is 11.3 Å². The molecule has 2 heterocycles. The van der Waals surface area contributed by atoms with E-state index in [1.165, 1.54) is 0 Å². The Bertz CT molecular complexity index is 1110. The minimum absolute atomic E-state index is 0.0955. The van der Waals surface area contributed by atoms with Gasteiger partial charge in [-0.1, -0.05) is 49.2 Å². The van der Waals surface area contributed by atoms with Crippen LogP contribution in [0.3, 0.4) is 0 Å². The Morgan fingerprint density at radius 3 is 2.21 bits per heavy atom. The van der Waals surface area contributed by atoms with Crippen molar-refractivity contribution in [3.63, 3.8) is 0 Å². The van der Waals surface area contributed by atoms with Gasteiger partial charge in [-0.25, -0.2) is 0 Å². The summed E-state index contributed by atoms with van der Waals surface area (Å²) in [6.07, 6.45) is 7.85. The highest BCUT2D eigenvalue weighted by molar-refractivity contribution is 5.94. The summed E-state index contributed by atoms with van der Waals surface area (Å²) in [4.78, 5) is 43.3. The molecule has 7 nitrogen and oxygen atoms in total. The predicted molar refractivity (Wildman–Crippen MR) is 150 cm³/mol. The summed E-state index contributed by atoms with van der Waals surface area (Å²) in [5.74, 6) is 0.986. The van der Waals surface area contributed by atoms with E-state index in [1.807, 2.05) is 65.6 Å². The third kappa shape index (κ3) is 6.81. The number of hydrogen-bond acceptors (Lipinski definition) is 4. The molecule has 208 valence electrons. The van der Waals surface area contributed by atoms with E-state index in [0.717, 1.165) is 76.9 Å². The van der Waals surface area contributed by atoms with Crippen molar-refractivity contribution in [3.8, 4) is 5.75 Å². The smallest absolute Gasteiger partial charge is 0.251 e. The molecular weight excluding hydrogens is 490 g/mol. The van der Waals surface area contributed by atoms with Gasteiger partial charge in [0.15, 0.2) is 0 Å². The van der Waals surface area contributed by atoms with Gasteiger partial charge in [-0.05, 0) is 68.2 Å². The molecular formula is C32H41N3O4. The molecule has 5 rings (SSSR count). The molecule has 7 heteroatoms. The van der Waals surface area contributed by atoms with E-state index in [9.17, 15) is 14.4 Å². The van der Waals surface area contributed by atoms with Crippen LogP contribution in [0.5, 0.6) is 5.75 Å². The number of rotatable bonds is 8. The first-order valence-electron chi connectivity index (χ1n) is 14.6. The van der Waals surface area contributed by atoms with Gasteiger partial charge in [0.25, 0.3) is 5.91 Å². The predicted octanol–water partition coefficient (Wildman–Crippen LogP) is 4.68. The van der Waals surface area contributed by atoms with E-state index >= 15 is 0 Å². The molecule has 2 atom stereocenters. The first kappa shape index (κ1) is 27.2. The van der Waals surface area contributed by atoms with Crippen LogP contribution in [0, 0.1) is 11.3 Å². The molecule has 2 saturated heterocycles. The second kappa shape index (κ2) is 12.7. The number of para-hydroxylation sites is 1. The van der Waals surface area contributed by atoms with Crippen molar-refractivity contribution in [3.05, 3.63) is 66.2 Å². The molecule has 0 unspecified atom stereocenters. The lowest BCUT2D eigenvalue weighted by Crippen LogP contribution is -2.50. The second-order valence-electron chi connectivity index (χ2n) is 11.5. The van der Waals surface area contributed by atoms with E-state index in [1.54, 1.807) is 0 Å². The molecule has 1 N–H and O–H groups in total. The van der Waals surface area contributed by atoms with E-state index in [-0.39, 0.29) is 35.1 Å². The normalized spacial score (nSPS) is 22.5. The Morgan fingerprint density at radius 1 is 0.846 bits per heavy atom. The van der Waals surface area contributed by atoms with Gasteiger partial charge in [-0.2, -0.15) is 0 Å². The minimum atomic E-state index is -0.152. The highest BCUT2D eigenvalue weighted by Crippen LogP contribution is 2.41. The first-order chi connectivity index (χ1) is 19.0. The SMILES string of the molecule is O=C(N[C@@H]1CCCC[C@@H]1C(=O)N1CCC2(CCN(C(=O)CCCOc3ccccc3)CC2)C1)c1ccccc1. The maximum absolute atomic E-state index is 13.7. The van der Waals surface area contributed by atoms with Crippen LogP contribution in [0.4, 0.5) is 0 Å². The highest BCUT2D eigenvalue weighted by atomic mass is 16.5. The van der Waals surface area contributed by atoms with Crippen molar-refractivity contribution >= 4 is 17.7 Å². The molecule has 0 bridgehead atoms. The Balaban J connectivity index is 1.08. The van der Waals surface area contributed by atoms with Crippen LogP contribution in [0.25, 0.3) is 0 Å². The van der Waals surface area contributed by atoms with E-state index in [2.05, 4.69) is 10.2 Å². The third-order valence-electron chi connectivity index (χ3n) is 8.91. The maximum atomic E-state index is 13.7. The van der Waals surface area contributed by atoms with Crippen molar-refractivity contribution in [1.29, 1.82) is 0 Å². The fourth-order valence-electron chi connectivity index (χ4n) is 6.53. The Morgan fingerprint density at radius 2 is 1.49 bits per heavy atom. The molecule has 3 aliphatic rings. The standard InChI is InChI=1S/C32H41N3O4/c36-29(16-9-23-39-26-12-5-2-6-13-26)34-20-17-32(18-21-34)19-22-35(24-32)31(38)27-14-7-8-15-28(27)33-30(37)25-10-3-1-4-11-25/h1-6,10-13,27-28H,7-9,14-24H2,(H,33,37)/t27-,28+/m0/s1. The van der Waals surface area contributed by atoms with Crippen LogP contribution in [0.1, 0.15) is 68.1 Å². The van der Waals surface area contributed by atoms with Crippen molar-refractivity contribution in [2.75, 3.05) is 32.8 Å². The Kier molecular flexibility index (Phi) is 8.84. The summed E-state index contributed by atoms with van der Waals surface area (Å²) >= 11 is 0. The van der Waals surface area contributed by atoms with Gasteiger partial charge in [0.05, 0.1) is 12.5 Å². The molecule has 3 fully saturated rings. The zero-order valence-corrected chi connectivity index (χ0v) is 22.9. The number of ether oxygens (including phenoxy) is 1. The van der Waals surface area contributed by atoms with Crippen LogP contribution in [0.15, 0.2) is 60.7 Å². The fourth-order valence-corrected chi connectivity index (χ4v) is 6.53. The Hall–Kier alpha value is -3.35. The quantitative estimate of drug-likeness (QED) is 0.502. The van der Waals surface area contributed by atoms with Crippen LogP contribution >= 0.6 is 0 Å². The number of benzene rings is 2. The van der Waals surface area contributed by atoms with Gasteiger partial charge in [0.1, 0.15) is 5.75 Å². The average molecular weight is 532 g/mol. The number of amides is 3. The summed E-state index contributed by atoms with van der Waals surface area (Å²) in [6, 6.07) is 18.8. The maximum Gasteiger partial charge on any atom is 0.251 e. The summed E-state index contributed by atoms with van der Waals surface area (Å²) in [6.45, 7) is 3.62. The molecule has 0 radical (unpaired) electrons. The molecule has 3 amide bonds. The van der Waals surface area contributed by atoms with Crippen LogP contribution < -0.4 is 10.1 Å². The fraction of sp³-hybridized carbons (Fsp3) is 0.531. The largest absolute Gasteiger partial charge is 0.494 e. The van der Waals surface area contributed by atoms with Gasteiger partial charge in [0, 0.05) is 44.2 Å². The zero-order valence-electron chi connectivity index (χ0n) is 22.9. The number of hydrogen-bond donors (Lipinski definition) is 1. The van der Waals surface area contributed by atoms with Gasteiger partial charge in [-0.15, -0.1) is 0 Å². The van der Waals surface area contributed by atoms with Crippen LogP contribution in [0.2, 0.25) is 0 Å². The number of nitrogens with zero attached hydrogens (tertiary/aromatic N) is 2. The van der Waals surface area contributed by atoms with Gasteiger partial charge < -0.3 is 19.9 Å². The number of likely N-dealkylation sites (tertiary alicyclic amines) is 2. The number of piperidine rings is 1. The van der Waals surface area contributed by atoms with Crippen molar-refractivity contribution in [2.45, 2.75) is 63.8 Å². The molecule has 2 aliphatic heterocycles. The Labute approximate surface area is 231 Å². The number of carbonyl (C=O) groups is 3. The van der Waals surface area contributed by atoms with E-state index < -0.39 is 0 Å². The van der Waals surface area contributed by atoms with Crippen LogP contribution in [-0.2, 0) is 9.59 Å². The summed E-state index contributed by atoms with van der Waals surface area (Å²) in [5.41, 5.74) is 0.750. The van der Waals surface area contributed by atoms with Crippen molar-refractivity contribution in [1.82, 2.24) is 15.1 Å². The summed E-state index contributed by atoms with van der Waals surface area (Å²) in [7, 11) is 0. The van der Waals surface area contributed by atoms with E-state index in [4.69, 9.17) is 4.74 Å². The molecule has 1 aliphatic carbocycles. The summed E-state index contributed by atoms with van der Waals surface area (Å²) < 4.78 is 5.72. The molecule has 2 aromatic rings. The highest BCUT2D eigenvalue weighted by Gasteiger charge is 2.45. The molecule has 39 heavy (non-hydrogen) atoms. The third-order valence-corrected chi connectivity index (χ3v) is 8.91. The number of carbonyl (C=O) groups excluding carboxylic acids is 3. The molecule has 1 saturated carbocycles. The topological polar surface area (TPSA) is 79.0 Å². The molecule has 2 aromatic carbocycles. The van der Waals surface area contributed by atoms with Gasteiger partial charge in [0.2, 0.25) is 11.8 Å². The zero-order chi connectivity index (χ0) is 27.1. The minimum Gasteiger partial charge on any atom is -0.494 e. The van der Waals surface area contributed by atoms with Gasteiger partial charge >= 0.3 is 0 Å². The molecule has 1 spiro atoms.